The van der Waals surface area contributed by atoms with Crippen LogP contribution in [0.1, 0.15) is 43.4 Å². The van der Waals surface area contributed by atoms with E-state index in [9.17, 15) is 4.79 Å². The second-order valence-electron chi connectivity index (χ2n) is 5.30. The van der Waals surface area contributed by atoms with Crippen LogP contribution in [0.4, 0.5) is 5.82 Å². The number of anilines is 1. The molecular weight excluding hydrogens is 258 g/mol. The van der Waals surface area contributed by atoms with E-state index in [0.717, 1.165) is 35.9 Å². The molecule has 5 heteroatoms. The average Bonchev–Trinajstić information content (AvgIpc) is 2.91. The Kier molecular flexibility index (Phi) is 3.48. The van der Waals surface area contributed by atoms with E-state index in [1.807, 2.05) is 18.1 Å². The second-order valence-corrected chi connectivity index (χ2v) is 6.07. The first kappa shape index (κ1) is 12.9. The van der Waals surface area contributed by atoms with E-state index >= 15 is 0 Å². The molecule has 0 bridgehead atoms. The first-order chi connectivity index (χ1) is 9.20. The Morgan fingerprint density at radius 3 is 2.63 bits per heavy atom. The number of thioether (sulfide) groups is 1. The maximum absolute atomic E-state index is 12.3. The van der Waals surface area contributed by atoms with E-state index in [4.69, 9.17) is 0 Å². The third-order valence-corrected chi connectivity index (χ3v) is 4.68. The SMILES string of the molecule is CSc1nc(C)c2c(n1)N(C1CCCC1)C(=O)CC2. The van der Waals surface area contributed by atoms with Crippen molar-refractivity contribution in [1.29, 1.82) is 0 Å². The highest BCUT2D eigenvalue weighted by molar-refractivity contribution is 7.98. The van der Waals surface area contributed by atoms with Crippen LogP contribution < -0.4 is 4.90 Å². The van der Waals surface area contributed by atoms with Gasteiger partial charge in [0, 0.05) is 23.7 Å². The van der Waals surface area contributed by atoms with Crippen molar-refractivity contribution in [2.24, 2.45) is 0 Å². The number of amides is 1. The summed E-state index contributed by atoms with van der Waals surface area (Å²) in [5.41, 5.74) is 2.20. The lowest BCUT2D eigenvalue weighted by Gasteiger charge is -2.33. The van der Waals surface area contributed by atoms with Crippen molar-refractivity contribution in [3.63, 3.8) is 0 Å². The van der Waals surface area contributed by atoms with Gasteiger partial charge in [0.1, 0.15) is 5.82 Å². The van der Waals surface area contributed by atoms with Gasteiger partial charge in [-0.3, -0.25) is 9.69 Å². The molecule has 19 heavy (non-hydrogen) atoms. The van der Waals surface area contributed by atoms with Gasteiger partial charge in [-0.15, -0.1) is 0 Å². The van der Waals surface area contributed by atoms with Gasteiger partial charge in [0.2, 0.25) is 5.91 Å². The smallest absolute Gasteiger partial charge is 0.228 e. The van der Waals surface area contributed by atoms with Crippen molar-refractivity contribution in [3.8, 4) is 0 Å². The Morgan fingerprint density at radius 2 is 1.95 bits per heavy atom. The number of hydrogen-bond acceptors (Lipinski definition) is 4. The summed E-state index contributed by atoms with van der Waals surface area (Å²) >= 11 is 1.54. The Hall–Kier alpha value is -1.10. The average molecular weight is 277 g/mol. The Morgan fingerprint density at radius 1 is 1.21 bits per heavy atom. The van der Waals surface area contributed by atoms with Gasteiger partial charge < -0.3 is 0 Å². The molecule has 0 radical (unpaired) electrons. The zero-order valence-electron chi connectivity index (χ0n) is 11.5. The summed E-state index contributed by atoms with van der Waals surface area (Å²) in [6.45, 7) is 2.03. The van der Waals surface area contributed by atoms with Gasteiger partial charge in [0.25, 0.3) is 0 Å². The minimum atomic E-state index is 0.240. The first-order valence-electron chi connectivity index (χ1n) is 6.94. The molecule has 0 unspecified atom stereocenters. The summed E-state index contributed by atoms with van der Waals surface area (Å²) in [5, 5.41) is 0.772. The standard InChI is InChI=1S/C14H19N3OS/c1-9-11-7-8-12(18)17(10-5-3-4-6-10)13(11)16-14(15-9)19-2/h10H,3-8H2,1-2H3. The van der Waals surface area contributed by atoms with Gasteiger partial charge >= 0.3 is 0 Å². The Balaban J connectivity index is 2.07. The molecule has 0 spiro atoms. The van der Waals surface area contributed by atoms with Crippen molar-refractivity contribution in [1.82, 2.24) is 9.97 Å². The van der Waals surface area contributed by atoms with E-state index in [2.05, 4.69) is 9.97 Å². The Bertz CT molecular complexity index is 512. The number of carbonyl (C=O) groups excluding carboxylic acids is 1. The van der Waals surface area contributed by atoms with Crippen LogP contribution >= 0.6 is 11.8 Å². The van der Waals surface area contributed by atoms with Crippen LogP contribution in [0.5, 0.6) is 0 Å². The Labute approximate surface area is 118 Å². The molecule has 0 saturated heterocycles. The number of aryl methyl sites for hydroxylation is 1. The summed E-state index contributed by atoms with van der Waals surface area (Å²) in [5.74, 6) is 1.13. The van der Waals surface area contributed by atoms with Crippen LogP contribution in [-0.4, -0.2) is 28.2 Å². The molecule has 1 aromatic heterocycles. The lowest BCUT2D eigenvalue weighted by Crippen LogP contribution is -2.43. The highest BCUT2D eigenvalue weighted by atomic mass is 32.2. The molecule has 102 valence electrons. The van der Waals surface area contributed by atoms with Crippen LogP contribution in [0, 0.1) is 6.92 Å². The van der Waals surface area contributed by atoms with Crippen LogP contribution in [0.2, 0.25) is 0 Å². The molecule has 2 aliphatic rings. The summed E-state index contributed by atoms with van der Waals surface area (Å²) in [4.78, 5) is 23.4. The highest BCUT2D eigenvalue weighted by Gasteiger charge is 2.34. The normalized spacial score (nSPS) is 19.9. The van der Waals surface area contributed by atoms with E-state index < -0.39 is 0 Å². The fourth-order valence-electron chi connectivity index (χ4n) is 3.15. The lowest BCUT2D eigenvalue weighted by molar-refractivity contribution is -0.119. The first-order valence-corrected chi connectivity index (χ1v) is 8.16. The van der Waals surface area contributed by atoms with E-state index in [-0.39, 0.29) is 5.91 Å². The number of hydrogen-bond donors (Lipinski definition) is 0. The van der Waals surface area contributed by atoms with Gasteiger partial charge in [-0.2, -0.15) is 0 Å². The molecule has 1 fully saturated rings. The topological polar surface area (TPSA) is 46.1 Å². The fourth-order valence-corrected chi connectivity index (χ4v) is 3.55. The maximum Gasteiger partial charge on any atom is 0.228 e. The molecule has 0 aromatic carbocycles. The molecule has 1 aliphatic heterocycles. The molecule has 2 heterocycles. The molecular formula is C14H19N3OS. The monoisotopic (exact) mass is 277 g/mol. The number of rotatable bonds is 2. The van der Waals surface area contributed by atoms with Crippen LogP contribution in [0.15, 0.2) is 5.16 Å². The predicted octanol–water partition coefficient (Wildman–Crippen LogP) is 2.73. The van der Waals surface area contributed by atoms with E-state index in [1.165, 1.54) is 18.4 Å². The summed E-state index contributed by atoms with van der Waals surface area (Å²) in [7, 11) is 0. The number of aromatic nitrogens is 2. The van der Waals surface area contributed by atoms with Crippen LogP contribution in [-0.2, 0) is 11.2 Å². The second kappa shape index (κ2) is 5.12. The predicted molar refractivity (Wildman–Crippen MR) is 76.6 cm³/mol. The van der Waals surface area contributed by atoms with Gasteiger partial charge in [0.15, 0.2) is 5.16 Å². The van der Waals surface area contributed by atoms with E-state index in [0.29, 0.717) is 12.5 Å². The number of carbonyl (C=O) groups is 1. The highest BCUT2D eigenvalue weighted by Crippen LogP contribution is 2.35. The molecule has 1 saturated carbocycles. The molecule has 1 aromatic rings. The largest absolute Gasteiger partial charge is 0.293 e. The van der Waals surface area contributed by atoms with Gasteiger partial charge in [-0.25, -0.2) is 9.97 Å². The lowest BCUT2D eigenvalue weighted by atomic mass is 10.0. The zero-order chi connectivity index (χ0) is 13.4. The van der Waals surface area contributed by atoms with Crippen molar-refractivity contribution in [2.75, 3.05) is 11.2 Å². The van der Waals surface area contributed by atoms with Gasteiger partial charge in [-0.1, -0.05) is 24.6 Å². The van der Waals surface area contributed by atoms with Crippen molar-refractivity contribution < 1.29 is 4.79 Å². The molecule has 3 rings (SSSR count). The number of nitrogens with zero attached hydrogens (tertiary/aromatic N) is 3. The molecule has 0 N–H and O–H groups in total. The van der Waals surface area contributed by atoms with Gasteiger partial charge in [0.05, 0.1) is 0 Å². The zero-order valence-corrected chi connectivity index (χ0v) is 12.3. The van der Waals surface area contributed by atoms with Gasteiger partial charge in [-0.05, 0) is 32.4 Å². The third kappa shape index (κ3) is 2.24. The fraction of sp³-hybridized carbons (Fsp3) is 0.643. The van der Waals surface area contributed by atoms with E-state index in [1.54, 1.807) is 11.8 Å². The molecule has 1 aliphatic carbocycles. The van der Waals surface area contributed by atoms with Crippen LogP contribution in [0.3, 0.4) is 0 Å². The van der Waals surface area contributed by atoms with Crippen molar-refractivity contribution in [3.05, 3.63) is 11.3 Å². The summed E-state index contributed by atoms with van der Waals surface area (Å²) in [6, 6.07) is 0.357. The molecule has 1 amide bonds. The molecule has 4 nitrogen and oxygen atoms in total. The number of fused-ring (bicyclic) bond motifs is 1. The third-order valence-electron chi connectivity index (χ3n) is 4.13. The molecule has 0 atom stereocenters. The van der Waals surface area contributed by atoms with Crippen molar-refractivity contribution >= 4 is 23.5 Å². The van der Waals surface area contributed by atoms with Crippen molar-refractivity contribution in [2.45, 2.75) is 56.6 Å². The summed E-state index contributed by atoms with van der Waals surface area (Å²) < 4.78 is 0. The minimum Gasteiger partial charge on any atom is -0.293 e. The maximum atomic E-state index is 12.3. The quantitative estimate of drug-likeness (QED) is 0.616. The minimum absolute atomic E-state index is 0.240. The summed E-state index contributed by atoms with van der Waals surface area (Å²) in [6.07, 6.45) is 8.05. The van der Waals surface area contributed by atoms with Crippen LogP contribution in [0.25, 0.3) is 0 Å².